The van der Waals surface area contributed by atoms with E-state index in [2.05, 4.69) is 20.8 Å². The number of halogens is 1. The lowest BCUT2D eigenvalue weighted by atomic mass is 9.43. The molecule has 21 nitrogen and oxygen atoms in total. The molecule has 5 N–H and O–H groups in total. The number of hydrogen-bond donors (Lipinski definition) is 5. The summed E-state index contributed by atoms with van der Waals surface area (Å²) in [5, 5.41) is 60.1. The van der Waals surface area contributed by atoms with Crippen LogP contribution in [0, 0.1) is 39.4 Å². The summed E-state index contributed by atoms with van der Waals surface area (Å²) in [7, 11) is -1.20. The Kier molecular flexibility index (Phi) is 20.2. The minimum atomic E-state index is -2.11. The van der Waals surface area contributed by atoms with Crippen LogP contribution in [0.25, 0.3) is 0 Å². The van der Waals surface area contributed by atoms with Crippen molar-refractivity contribution in [3.63, 3.8) is 0 Å². The number of benzene rings is 2. The average Bonchev–Trinajstić information content (AvgIpc) is 0.678. The molecule has 2 aliphatic heterocycles. The maximum absolute atomic E-state index is 15.0. The smallest absolute Gasteiger partial charge is 0.338 e. The Morgan fingerprint density at radius 1 is 0.554 bits per heavy atom. The lowest BCUT2D eigenvalue weighted by Crippen LogP contribution is -2.81. The van der Waals surface area contributed by atoms with E-state index >= 15 is 0 Å². The molecule has 0 spiro atoms. The second kappa shape index (κ2) is 25.8. The molecule has 92 heavy (non-hydrogen) atoms. The minimum absolute atomic E-state index is 0.0874. The molecule has 6 aliphatic carbocycles. The molecule has 2 aromatic rings. The van der Waals surface area contributed by atoms with Crippen LogP contribution < -0.4 is 0 Å². The predicted octanol–water partition coefficient (Wildman–Crippen LogP) is 7.81. The van der Waals surface area contributed by atoms with Gasteiger partial charge < -0.3 is 63.4 Å². The summed E-state index contributed by atoms with van der Waals surface area (Å²) in [4.78, 5) is 107. The SMILES string of the molecule is CC(=O)O[C@H]1C(=O)[C@@]2(C)[C@H]([C@H](OC(=O)c3ccccc3)[C@]3(O)C[C@H](O)C(C)=C1C3(C)C)[C@]1(OC(C)=O)CO[C@@H]1C[C@@H]2C.CC(=O)O[C@H]1C(=O)[C@@]2(C)[C@H]([C@H](OC(=O)c3ccccc3)[C@]3(O)C[C@H](O)C(C)=C1C3(C)C)[C@]1(OC(C)=O)CO[C@@H]1C[C@@H]2O.CC[Si](Cl)(CC)CC. The zero-order chi connectivity index (χ0) is 68.6. The van der Waals surface area contributed by atoms with E-state index in [4.69, 9.17) is 49.0 Å². The van der Waals surface area contributed by atoms with Gasteiger partial charge in [0.2, 0.25) is 0 Å². The molecule has 2 saturated heterocycles. The second-order valence-corrected chi connectivity index (χ2v) is 35.0. The van der Waals surface area contributed by atoms with Gasteiger partial charge >= 0.3 is 35.8 Å². The fourth-order valence-corrected chi connectivity index (χ4v) is 18.4. The largest absolute Gasteiger partial charge is 0.455 e. The summed E-state index contributed by atoms with van der Waals surface area (Å²) < 4.78 is 47.5. The number of esters is 6. The van der Waals surface area contributed by atoms with E-state index < -0.39 is 172 Å². The molecule has 0 unspecified atom stereocenters. The van der Waals surface area contributed by atoms with E-state index in [0.717, 1.165) is 6.92 Å². The van der Waals surface area contributed by atoms with Gasteiger partial charge in [0.1, 0.15) is 35.6 Å². The van der Waals surface area contributed by atoms with Gasteiger partial charge in [0, 0.05) is 63.2 Å². The van der Waals surface area contributed by atoms with Crippen molar-refractivity contribution in [1.82, 2.24) is 0 Å². The Morgan fingerprint density at radius 3 is 1.22 bits per heavy atom. The van der Waals surface area contributed by atoms with E-state index in [1.165, 1.54) is 58.0 Å². The first kappa shape index (κ1) is 72.1. The first-order valence-corrected chi connectivity index (χ1v) is 35.5. The van der Waals surface area contributed by atoms with E-state index in [0.29, 0.717) is 17.6 Å². The molecule has 0 radical (unpaired) electrons. The van der Waals surface area contributed by atoms with E-state index in [1.807, 2.05) is 6.92 Å². The monoisotopic (exact) mass is 1320 g/mol. The van der Waals surface area contributed by atoms with Gasteiger partial charge in [-0.05, 0) is 97.8 Å². The standard InChI is InChI=1S/C32H40O10.C31H38O11.C6H15ClSi/c1-16-13-22-31(15-39-22,42-19(4)34)25-27(41-28(37)20-11-9-8-10-12-20)32(38)14-21(35)17(2)23(29(32,5)6)24(40-18(3)33)26(36)30(16,25)7;1-15-19(34)13-31(38)26(41-27(37)18-10-8-7-9-11-18)24-29(6,20(35)12-21-30(24,14-39-21)42-17(3)33)25(36)23(40-16(2)32)22(15)28(31,4)5;1-4-8(7,5-2)6-3/h8-12,16,21-22,24-25,27,35,38H,13-15H2,1-7H3;7-11,19-21,23-24,26,34-35,38H,12-14H2,1-6H3;4-6H2,1-3H3/t16-,21-,22+,24+,25-,27-,30+,31-,32+;19-,20-,21+,23+,24-,26-,29+,30-,31+;/m00./s1. The first-order chi connectivity index (χ1) is 42.7. The van der Waals surface area contributed by atoms with Gasteiger partial charge in [0.25, 0.3) is 0 Å². The normalized spacial score (nSPS) is 37.9. The summed E-state index contributed by atoms with van der Waals surface area (Å²) in [6.07, 6.45) is -11.9. The van der Waals surface area contributed by atoms with Crippen LogP contribution in [-0.2, 0) is 66.7 Å². The van der Waals surface area contributed by atoms with Crippen molar-refractivity contribution in [2.75, 3.05) is 13.2 Å². The van der Waals surface area contributed by atoms with Gasteiger partial charge in [-0.2, -0.15) is 11.1 Å². The molecule has 2 aromatic carbocycles. The molecule has 2 heterocycles. The number of rotatable bonds is 11. The van der Waals surface area contributed by atoms with E-state index in [9.17, 15) is 63.9 Å². The number of hydrogen-bond acceptors (Lipinski definition) is 21. The highest BCUT2D eigenvalue weighted by Crippen LogP contribution is 2.67. The minimum Gasteiger partial charge on any atom is -0.455 e. The van der Waals surface area contributed by atoms with Crippen molar-refractivity contribution < 1.29 is 102 Å². The number of carbonyl (C=O) groups is 8. The van der Waals surface area contributed by atoms with Crippen molar-refractivity contribution in [3.05, 3.63) is 94.1 Å². The van der Waals surface area contributed by atoms with Crippen LogP contribution in [0.3, 0.4) is 0 Å². The highest BCUT2D eigenvalue weighted by Gasteiger charge is 2.80. The van der Waals surface area contributed by atoms with Gasteiger partial charge in [-0.1, -0.05) is 98.7 Å². The number of ketones is 2. The van der Waals surface area contributed by atoms with Crippen LogP contribution in [-0.4, -0.2) is 171 Å². The Balaban J connectivity index is 0.000000212. The van der Waals surface area contributed by atoms with Gasteiger partial charge in [-0.15, -0.1) is 0 Å². The quantitative estimate of drug-likeness (QED) is 0.0471. The van der Waals surface area contributed by atoms with Crippen molar-refractivity contribution in [2.45, 2.75) is 232 Å². The van der Waals surface area contributed by atoms with Crippen LogP contribution in [0.4, 0.5) is 0 Å². The maximum Gasteiger partial charge on any atom is 0.338 e. The molecule has 506 valence electrons. The van der Waals surface area contributed by atoms with Crippen LogP contribution in [0.2, 0.25) is 18.1 Å². The molecule has 4 saturated carbocycles. The van der Waals surface area contributed by atoms with Crippen molar-refractivity contribution in [1.29, 1.82) is 0 Å². The van der Waals surface area contributed by atoms with Crippen LogP contribution in [0.5, 0.6) is 0 Å². The summed E-state index contributed by atoms with van der Waals surface area (Å²) in [5.74, 6) is -8.51. The average molecular weight is 1320 g/mol. The zero-order valence-corrected chi connectivity index (χ0v) is 57.5. The molecular formula is C69H93ClO21Si. The molecule has 10 rings (SSSR count). The molecule has 4 bridgehead atoms. The molecule has 23 heteroatoms. The van der Waals surface area contributed by atoms with Crippen molar-refractivity contribution in [3.8, 4) is 0 Å². The maximum atomic E-state index is 15.0. The fraction of sp³-hybridized carbons (Fsp3) is 0.652. The molecular weight excluding hydrogens is 1230 g/mol. The van der Waals surface area contributed by atoms with E-state index in [-0.39, 0.29) is 54.7 Å². The van der Waals surface area contributed by atoms with Crippen LogP contribution >= 0.6 is 11.1 Å². The second-order valence-electron chi connectivity index (χ2n) is 28.1. The molecule has 0 amide bonds. The number of fused-ring (bicyclic) bond motifs is 10. The highest BCUT2D eigenvalue weighted by atomic mass is 35.6. The lowest BCUT2D eigenvalue weighted by molar-refractivity contribution is -0.345. The third-order valence-electron chi connectivity index (χ3n) is 22.8. The van der Waals surface area contributed by atoms with Crippen molar-refractivity contribution in [2.24, 2.45) is 39.4 Å². The number of ether oxygens (including phenoxy) is 8. The van der Waals surface area contributed by atoms with Crippen LogP contribution in [0.1, 0.15) is 157 Å². The van der Waals surface area contributed by atoms with Gasteiger partial charge in [-0.25, -0.2) is 9.59 Å². The Bertz CT molecular complexity index is 3080. The molecule has 6 fully saturated rings. The summed E-state index contributed by atoms with van der Waals surface area (Å²) in [6, 6.07) is 20.0. The lowest BCUT2D eigenvalue weighted by Gasteiger charge is -2.68. The van der Waals surface area contributed by atoms with Crippen LogP contribution in [0.15, 0.2) is 83.0 Å². The Morgan fingerprint density at radius 2 is 0.902 bits per heavy atom. The number of aliphatic hydroxyl groups is 5. The molecule has 0 aromatic heterocycles. The number of Topliss-reactive ketones (excluding diaryl/α,β-unsaturated/α-hetero) is 2. The molecule has 18 atom stereocenters. The predicted molar refractivity (Wildman–Crippen MR) is 336 cm³/mol. The molecule has 8 aliphatic rings. The Hall–Kier alpha value is -5.69. The third-order valence-corrected chi connectivity index (χ3v) is 29.0. The highest BCUT2D eigenvalue weighted by molar-refractivity contribution is 7.20. The zero-order valence-electron chi connectivity index (χ0n) is 55.7. The topological polar surface area (TPSA) is 312 Å². The van der Waals surface area contributed by atoms with Gasteiger partial charge in [0.15, 0.2) is 42.4 Å². The van der Waals surface area contributed by atoms with Gasteiger partial charge in [0.05, 0.1) is 59.9 Å². The van der Waals surface area contributed by atoms with E-state index in [1.54, 1.807) is 97.0 Å². The third kappa shape index (κ3) is 11.5. The van der Waals surface area contributed by atoms with Gasteiger partial charge in [-0.3, -0.25) is 28.8 Å². The summed E-state index contributed by atoms with van der Waals surface area (Å²) in [6.45, 7) is 26.0. The summed E-state index contributed by atoms with van der Waals surface area (Å²) >= 11 is 6.23. The summed E-state index contributed by atoms with van der Waals surface area (Å²) in [5.41, 5.74) is -11.7. The number of carbonyl (C=O) groups excluding carboxylic acids is 8. The Labute approximate surface area is 543 Å². The first-order valence-electron chi connectivity index (χ1n) is 31.9. The fourth-order valence-electron chi connectivity index (χ4n) is 16.9. The number of aliphatic hydroxyl groups excluding tert-OH is 3. The van der Waals surface area contributed by atoms with Crippen molar-refractivity contribution >= 4 is 65.8 Å².